The van der Waals surface area contributed by atoms with E-state index in [1.54, 1.807) is 20.2 Å². The van der Waals surface area contributed by atoms with Crippen LogP contribution in [0.1, 0.15) is 6.42 Å². The summed E-state index contributed by atoms with van der Waals surface area (Å²) in [7, 11) is 3.28. The Kier molecular flexibility index (Phi) is 6.45. The number of nitro groups is 1. The van der Waals surface area contributed by atoms with Gasteiger partial charge in [-0.25, -0.2) is 0 Å². The predicted octanol–water partition coefficient (Wildman–Crippen LogP) is 1.47. The van der Waals surface area contributed by atoms with Crippen LogP contribution in [0.5, 0.6) is 5.75 Å². The van der Waals surface area contributed by atoms with Crippen LogP contribution in [0, 0.1) is 10.1 Å². The summed E-state index contributed by atoms with van der Waals surface area (Å²) in [5, 5.41) is 10.6. The summed E-state index contributed by atoms with van der Waals surface area (Å²) in [4.78, 5) is 23.4. The molecule has 7 heteroatoms. The van der Waals surface area contributed by atoms with Gasteiger partial charge in [0, 0.05) is 33.4 Å². The van der Waals surface area contributed by atoms with E-state index in [0.29, 0.717) is 18.9 Å². The lowest BCUT2D eigenvalue weighted by Crippen LogP contribution is -2.32. The molecule has 0 fully saturated rings. The zero-order valence-electron chi connectivity index (χ0n) is 11.6. The Labute approximate surface area is 117 Å². The maximum atomic E-state index is 11.8. The highest BCUT2D eigenvalue weighted by Gasteiger charge is 2.11. The molecule has 1 amide bonds. The average Bonchev–Trinajstić information content (AvgIpc) is 2.45. The summed E-state index contributed by atoms with van der Waals surface area (Å²) < 4.78 is 10.2. The smallest absolute Gasteiger partial charge is 0.273 e. The van der Waals surface area contributed by atoms with Gasteiger partial charge in [-0.05, 0) is 12.5 Å². The second-order valence-electron chi connectivity index (χ2n) is 4.20. The van der Waals surface area contributed by atoms with Crippen LogP contribution in [0.2, 0.25) is 0 Å². The number of nitrogens with zero attached hydrogens (tertiary/aromatic N) is 2. The van der Waals surface area contributed by atoms with Crippen LogP contribution >= 0.6 is 0 Å². The number of amides is 1. The van der Waals surface area contributed by atoms with Gasteiger partial charge >= 0.3 is 0 Å². The summed E-state index contributed by atoms with van der Waals surface area (Å²) in [6.45, 7) is 1.01. The van der Waals surface area contributed by atoms with Crippen molar-refractivity contribution in [3.63, 3.8) is 0 Å². The summed E-state index contributed by atoms with van der Waals surface area (Å²) in [5.74, 6) is 0.116. The number of nitro benzene ring substituents is 1. The number of non-ortho nitro benzene ring substituents is 1. The van der Waals surface area contributed by atoms with Crippen molar-refractivity contribution < 1.29 is 19.2 Å². The summed E-state index contributed by atoms with van der Waals surface area (Å²) in [5.41, 5.74) is -0.0663. The van der Waals surface area contributed by atoms with Gasteiger partial charge in [0.05, 0.1) is 11.0 Å². The first-order valence-corrected chi connectivity index (χ1v) is 6.14. The van der Waals surface area contributed by atoms with Crippen LogP contribution in [-0.4, -0.2) is 49.6 Å². The van der Waals surface area contributed by atoms with Gasteiger partial charge in [-0.15, -0.1) is 0 Å². The third kappa shape index (κ3) is 5.23. The van der Waals surface area contributed by atoms with Crippen molar-refractivity contribution in [3.05, 3.63) is 34.4 Å². The minimum absolute atomic E-state index is 0.0663. The Hall–Kier alpha value is -2.15. The number of hydrogen-bond acceptors (Lipinski definition) is 5. The topological polar surface area (TPSA) is 81.9 Å². The molecule has 0 saturated heterocycles. The second-order valence-corrected chi connectivity index (χ2v) is 4.20. The minimum atomic E-state index is -0.508. The van der Waals surface area contributed by atoms with Gasteiger partial charge in [0.1, 0.15) is 5.75 Å². The molecule has 20 heavy (non-hydrogen) atoms. The highest BCUT2D eigenvalue weighted by atomic mass is 16.6. The molecule has 0 bridgehead atoms. The molecular formula is C13H18N2O5. The van der Waals surface area contributed by atoms with E-state index in [2.05, 4.69) is 0 Å². The standard InChI is InChI=1S/C13H18N2O5/c1-14(7-4-8-19-2)13(16)10-20-12-6-3-5-11(9-12)15(17)18/h3,5-6,9H,4,7-8,10H2,1-2H3. The van der Waals surface area contributed by atoms with E-state index in [1.807, 2.05) is 0 Å². The monoisotopic (exact) mass is 282 g/mol. The fourth-order valence-electron chi connectivity index (χ4n) is 1.51. The van der Waals surface area contributed by atoms with Crippen molar-refractivity contribution in [2.24, 2.45) is 0 Å². The van der Waals surface area contributed by atoms with E-state index in [1.165, 1.54) is 23.1 Å². The third-order valence-electron chi connectivity index (χ3n) is 2.66. The summed E-state index contributed by atoms with van der Waals surface area (Å²) in [6, 6.07) is 5.75. The molecule has 7 nitrogen and oxygen atoms in total. The molecule has 0 saturated carbocycles. The molecule has 0 N–H and O–H groups in total. The normalized spacial score (nSPS) is 10.1. The number of carbonyl (C=O) groups excluding carboxylic acids is 1. The Bertz CT molecular complexity index is 464. The van der Waals surface area contributed by atoms with Crippen molar-refractivity contribution >= 4 is 11.6 Å². The van der Waals surface area contributed by atoms with E-state index in [9.17, 15) is 14.9 Å². The quantitative estimate of drug-likeness (QED) is 0.409. The number of benzene rings is 1. The highest BCUT2D eigenvalue weighted by Crippen LogP contribution is 2.18. The Morgan fingerprint density at radius 1 is 1.45 bits per heavy atom. The van der Waals surface area contributed by atoms with Crippen LogP contribution in [0.4, 0.5) is 5.69 Å². The fourth-order valence-corrected chi connectivity index (χ4v) is 1.51. The van der Waals surface area contributed by atoms with Gasteiger partial charge in [-0.2, -0.15) is 0 Å². The number of methoxy groups -OCH3 is 1. The number of carbonyl (C=O) groups is 1. The molecule has 0 aliphatic heterocycles. The first kappa shape index (κ1) is 15.9. The van der Waals surface area contributed by atoms with Crippen LogP contribution in [0.3, 0.4) is 0 Å². The molecule has 110 valence electrons. The number of rotatable bonds is 8. The lowest BCUT2D eigenvalue weighted by atomic mass is 10.3. The predicted molar refractivity (Wildman–Crippen MR) is 72.7 cm³/mol. The van der Waals surface area contributed by atoms with E-state index in [-0.39, 0.29) is 18.2 Å². The highest BCUT2D eigenvalue weighted by molar-refractivity contribution is 5.77. The van der Waals surface area contributed by atoms with E-state index in [0.717, 1.165) is 6.42 Å². The molecule has 0 heterocycles. The SMILES string of the molecule is COCCCN(C)C(=O)COc1cccc([N+](=O)[O-])c1. The second kappa shape index (κ2) is 8.11. The first-order valence-electron chi connectivity index (χ1n) is 6.14. The molecular weight excluding hydrogens is 264 g/mol. The van der Waals surface area contributed by atoms with Crippen molar-refractivity contribution in [3.8, 4) is 5.75 Å². The summed E-state index contributed by atoms with van der Waals surface area (Å²) in [6.07, 6.45) is 0.746. The Balaban J connectivity index is 2.44. The lowest BCUT2D eigenvalue weighted by molar-refractivity contribution is -0.384. The van der Waals surface area contributed by atoms with Gasteiger partial charge in [0.25, 0.3) is 11.6 Å². The molecule has 1 aromatic carbocycles. The molecule has 1 aromatic rings. The first-order chi connectivity index (χ1) is 9.54. The van der Waals surface area contributed by atoms with E-state index < -0.39 is 4.92 Å². The van der Waals surface area contributed by atoms with Crippen molar-refractivity contribution in [1.82, 2.24) is 4.90 Å². The maximum absolute atomic E-state index is 11.8. The van der Waals surface area contributed by atoms with E-state index in [4.69, 9.17) is 9.47 Å². The van der Waals surface area contributed by atoms with Crippen LogP contribution in [0.25, 0.3) is 0 Å². The van der Waals surface area contributed by atoms with Crippen LogP contribution in [-0.2, 0) is 9.53 Å². The average molecular weight is 282 g/mol. The molecule has 0 atom stereocenters. The van der Waals surface area contributed by atoms with E-state index >= 15 is 0 Å². The molecule has 0 radical (unpaired) electrons. The van der Waals surface area contributed by atoms with Gasteiger partial charge in [0.2, 0.25) is 0 Å². The molecule has 1 rings (SSSR count). The minimum Gasteiger partial charge on any atom is -0.484 e. The zero-order valence-corrected chi connectivity index (χ0v) is 11.6. The zero-order chi connectivity index (χ0) is 15.0. The van der Waals surface area contributed by atoms with Crippen molar-refractivity contribution in [2.75, 3.05) is 33.9 Å². The van der Waals surface area contributed by atoms with Crippen LogP contribution < -0.4 is 4.74 Å². The van der Waals surface area contributed by atoms with Crippen molar-refractivity contribution in [1.29, 1.82) is 0 Å². The maximum Gasteiger partial charge on any atom is 0.273 e. The molecule has 0 aromatic heterocycles. The molecule has 0 spiro atoms. The third-order valence-corrected chi connectivity index (χ3v) is 2.66. The number of likely N-dealkylation sites (N-methyl/N-ethyl adjacent to an activating group) is 1. The number of ether oxygens (including phenoxy) is 2. The fraction of sp³-hybridized carbons (Fsp3) is 0.462. The largest absolute Gasteiger partial charge is 0.484 e. The van der Waals surface area contributed by atoms with Crippen LogP contribution in [0.15, 0.2) is 24.3 Å². The van der Waals surface area contributed by atoms with Gasteiger partial charge in [0.15, 0.2) is 6.61 Å². The Morgan fingerprint density at radius 2 is 2.20 bits per heavy atom. The molecule has 0 aliphatic carbocycles. The lowest BCUT2D eigenvalue weighted by Gasteiger charge is -2.17. The van der Waals surface area contributed by atoms with Gasteiger partial charge in [-0.3, -0.25) is 14.9 Å². The van der Waals surface area contributed by atoms with Gasteiger partial charge in [-0.1, -0.05) is 6.07 Å². The summed E-state index contributed by atoms with van der Waals surface area (Å²) >= 11 is 0. The molecule has 0 aliphatic rings. The van der Waals surface area contributed by atoms with Crippen molar-refractivity contribution in [2.45, 2.75) is 6.42 Å². The number of hydrogen-bond donors (Lipinski definition) is 0. The Morgan fingerprint density at radius 3 is 2.85 bits per heavy atom. The van der Waals surface area contributed by atoms with Gasteiger partial charge < -0.3 is 14.4 Å². The molecule has 0 unspecified atom stereocenters.